The summed E-state index contributed by atoms with van der Waals surface area (Å²) in [5.41, 5.74) is 0. The molecule has 1 rings (SSSR count). The van der Waals surface area contributed by atoms with Crippen molar-refractivity contribution < 1.29 is 25.0 Å². The lowest BCUT2D eigenvalue weighted by molar-refractivity contribution is -0.151. The van der Waals surface area contributed by atoms with Gasteiger partial charge >= 0.3 is 5.97 Å². The van der Waals surface area contributed by atoms with Crippen molar-refractivity contribution in [2.24, 2.45) is 0 Å². The quantitative estimate of drug-likeness (QED) is 0.452. The third-order valence-electron chi connectivity index (χ3n) is 2.32. The highest BCUT2D eigenvalue weighted by molar-refractivity contribution is 5.87. The molecule has 0 saturated carbocycles. The first-order valence-corrected chi connectivity index (χ1v) is 4.66. The molecule has 1 unspecified atom stereocenters. The van der Waals surface area contributed by atoms with Crippen molar-refractivity contribution in [3.63, 3.8) is 0 Å². The van der Waals surface area contributed by atoms with Gasteiger partial charge in [-0.1, -0.05) is 0 Å². The lowest BCUT2D eigenvalue weighted by atomic mass is 10.2. The van der Waals surface area contributed by atoms with Crippen molar-refractivity contribution in [2.75, 3.05) is 13.2 Å². The van der Waals surface area contributed by atoms with Gasteiger partial charge in [0, 0.05) is 6.54 Å². The summed E-state index contributed by atoms with van der Waals surface area (Å²) < 4.78 is 0. The number of rotatable bonds is 4. The molecule has 1 saturated heterocycles. The topological polar surface area (TPSA) is 110 Å². The largest absolute Gasteiger partial charge is 0.480 e. The van der Waals surface area contributed by atoms with Gasteiger partial charge in [-0.15, -0.1) is 0 Å². The molecule has 0 aromatic heterocycles. The van der Waals surface area contributed by atoms with Gasteiger partial charge in [-0.05, 0) is 12.8 Å². The number of carbonyl (C=O) groups excluding carboxylic acids is 1. The van der Waals surface area contributed by atoms with Gasteiger partial charge in [0.1, 0.15) is 12.1 Å². The smallest absolute Gasteiger partial charge is 0.328 e. The average molecular weight is 218 g/mol. The zero-order valence-corrected chi connectivity index (χ0v) is 8.09. The molecule has 1 aliphatic rings. The molecule has 0 spiro atoms. The Balaban J connectivity index is 2.50. The molecule has 0 aromatic rings. The molecule has 7 heteroatoms. The zero-order valence-electron chi connectivity index (χ0n) is 8.09. The summed E-state index contributed by atoms with van der Waals surface area (Å²) in [6.07, 6.45) is 1.17. The van der Waals surface area contributed by atoms with Crippen molar-refractivity contribution in [3.8, 4) is 0 Å². The van der Waals surface area contributed by atoms with E-state index in [1.807, 2.05) is 0 Å². The van der Waals surface area contributed by atoms with Gasteiger partial charge in [-0.3, -0.25) is 4.79 Å². The number of aliphatic hydroxyl groups is 1. The van der Waals surface area contributed by atoms with E-state index in [1.165, 1.54) is 0 Å². The molecular weight excluding hydrogens is 204 g/mol. The second-order valence-electron chi connectivity index (χ2n) is 3.40. The highest BCUT2D eigenvalue weighted by Gasteiger charge is 2.31. The Morgan fingerprint density at radius 3 is 2.60 bits per heavy atom. The lowest BCUT2D eigenvalue weighted by Gasteiger charge is -2.19. The number of carboxylic acids is 1. The Morgan fingerprint density at radius 1 is 1.53 bits per heavy atom. The van der Waals surface area contributed by atoms with Gasteiger partial charge in [0.05, 0.1) is 6.61 Å². The Kier molecular flexibility index (Phi) is 4.01. The van der Waals surface area contributed by atoms with E-state index in [4.69, 9.17) is 10.2 Å². The summed E-state index contributed by atoms with van der Waals surface area (Å²) >= 11 is 0. The SMILES string of the molecule is O=C(N[C@@H](CO)C(=O)O)C1CCCN1O. The molecule has 4 N–H and O–H groups in total. The van der Waals surface area contributed by atoms with E-state index >= 15 is 0 Å². The number of hydrogen-bond donors (Lipinski definition) is 4. The third-order valence-corrected chi connectivity index (χ3v) is 2.32. The summed E-state index contributed by atoms with van der Waals surface area (Å²) in [6.45, 7) is -0.270. The van der Waals surface area contributed by atoms with Crippen LogP contribution >= 0.6 is 0 Å². The van der Waals surface area contributed by atoms with Crippen molar-refractivity contribution >= 4 is 11.9 Å². The van der Waals surface area contributed by atoms with Gasteiger partial charge in [0.15, 0.2) is 0 Å². The number of hydrogen-bond acceptors (Lipinski definition) is 5. The van der Waals surface area contributed by atoms with Crippen LogP contribution in [0.2, 0.25) is 0 Å². The van der Waals surface area contributed by atoms with E-state index in [0.717, 1.165) is 5.06 Å². The molecule has 1 aliphatic heterocycles. The van der Waals surface area contributed by atoms with E-state index in [2.05, 4.69) is 5.32 Å². The highest BCUT2D eigenvalue weighted by atomic mass is 16.5. The number of amides is 1. The van der Waals surface area contributed by atoms with Crippen LogP contribution in [0.5, 0.6) is 0 Å². The predicted octanol–water partition coefficient (Wildman–Crippen LogP) is -1.60. The minimum Gasteiger partial charge on any atom is -0.480 e. The number of aliphatic hydroxyl groups excluding tert-OH is 1. The summed E-state index contributed by atoms with van der Waals surface area (Å²) in [5, 5.41) is 29.5. The number of aliphatic carboxylic acids is 1. The molecule has 0 radical (unpaired) electrons. The Bertz CT molecular complexity index is 257. The molecule has 0 bridgehead atoms. The van der Waals surface area contributed by atoms with E-state index in [9.17, 15) is 14.8 Å². The van der Waals surface area contributed by atoms with Crippen molar-refractivity contribution in [3.05, 3.63) is 0 Å². The van der Waals surface area contributed by atoms with Gasteiger partial charge in [-0.25, -0.2) is 4.79 Å². The molecule has 1 heterocycles. The molecule has 0 aliphatic carbocycles. The number of carboxylic acid groups (broad SMARTS) is 1. The van der Waals surface area contributed by atoms with Crippen LogP contribution in [0.3, 0.4) is 0 Å². The Labute approximate surface area is 86.3 Å². The molecule has 7 nitrogen and oxygen atoms in total. The lowest BCUT2D eigenvalue weighted by Crippen LogP contribution is -2.50. The summed E-state index contributed by atoms with van der Waals surface area (Å²) in [6, 6.07) is -2.02. The zero-order chi connectivity index (χ0) is 11.4. The first kappa shape index (κ1) is 11.9. The molecular formula is C8H14N2O5. The third kappa shape index (κ3) is 2.88. The summed E-state index contributed by atoms with van der Waals surface area (Å²) in [5.74, 6) is -1.87. The number of nitrogens with one attached hydrogen (secondary N) is 1. The van der Waals surface area contributed by atoms with Gasteiger partial charge < -0.3 is 20.7 Å². The maximum atomic E-state index is 11.4. The highest BCUT2D eigenvalue weighted by Crippen LogP contribution is 2.14. The van der Waals surface area contributed by atoms with Crippen molar-refractivity contribution in [1.29, 1.82) is 0 Å². The summed E-state index contributed by atoms with van der Waals surface area (Å²) in [4.78, 5) is 22.0. The second kappa shape index (κ2) is 5.06. The molecule has 1 fully saturated rings. The second-order valence-corrected chi connectivity index (χ2v) is 3.40. The van der Waals surface area contributed by atoms with Crippen LogP contribution in [0.4, 0.5) is 0 Å². The van der Waals surface area contributed by atoms with Crippen molar-refractivity contribution in [1.82, 2.24) is 10.4 Å². The minimum atomic E-state index is -1.31. The molecule has 2 atom stereocenters. The van der Waals surface area contributed by atoms with Gasteiger partial charge in [0.2, 0.25) is 5.91 Å². The van der Waals surface area contributed by atoms with Crippen LogP contribution in [-0.2, 0) is 9.59 Å². The molecule has 86 valence electrons. The first-order chi connectivity index (χ1) is 7.06. The fraction of sp³-hybridized carbons (Fsp3) is 0.750. The Hall–Kier alpha value is -1.18. The van der Waals surface area contributed by atoms with E-state index in [-0.39, 0.29) is 0 Å². The van der Waals surface area contributed by atoms with Crippen LogP contribution in [0.1, 0.15) is 12.8 Å². The van der Waals surface area contributed by atoms with E-state index in [1.54, 1.807) is 0 Å². The van der Waals surface area contributed by atoms with Crippen molar-refractivity contribution in [2.45, 2.75) is 24.9 Å². The van der Waals surface area contributed by atoms with Crippen LogP contribution in [0, 0.1) is 0 Å². The number of hydroxylamine groups is 2. The maximum absolute atomic E-state index is 11.4. The van der Waals surface area contributed by atoms with Crippen LogP contribution in [0.15, 0.2) is 0 Å². The standard InChI is InChI=1S/C8H14N2O5/c11-4-5(8(13)14)9-7(12)6-2-1-3-10(6)15/h5-6,11,15H,1-4H2,(H,9,12)(H,13,14)/t5-,6?/m0/s1. The first-order valence-electron chi connectivity index (χ1n) is 4.66. The molecule has 1 amide bonds. The number of carbonyl (C=O) groups is 2. The van der Waals surface area contributed by atoms with Gasteiger partial charge in [0.25, 0.3) is 0 Å². The molecule has 15 heavy (non-hydrogen) atoms. The predicted molar refractivity (Wildman–Crippen MR) is 48.2 cm³/mol. The monoisotopic (exact) mass is 218 g/mol. The van der Waals surface area contributed by atoms with E-state index in [0.29, 0.717) is 19.4 Å². The van der Waals surface area contributed by atoms with Crippen LogP contribution in [-0.4, -0.2) is 57.6 Å². The van der Waals surface area contributed by atoms with Gasteiger partial charge in [-0.2, -0.15) is 5.06 Å². The fourth-order valence-corrected chi connectivity index (χ4v) is 1.47. The molecule has 0 aromatic carbocycles. The van der Waals surface area contributed by atoms with Crippen LogP contribution in [0.25, 0.3) is 0 Å². The fourth-order valence-electron chi connectivity index (χ4n) is 1.47. The number of nitrogens with zero attached hydrogens (tertiary/aromatic N) is 1. The summed E-state index contributed by atoms with van der Waals surface area (Å²) in [7, 11) is 0. The van der Waals surface area contributed by atoms with E-state index < -0.39 is 30.6 Å². The normalized spacial score (nSPS) is 23.7. The average Bonchev–Trinajstić information content (AvgIpc) is 2.60. The Morgan fingerprint density at radius 2 is 2.20 bits per heavy atom. The van der Waals surface area contributed by atoms with Crippen LogP contribution < -0.4 is 5.32 Å². The maximum Gasteiger partial charge on any atom is 0.328 e. The minimum absolute atomic E-state index is 0.398.